The highest BCUT2D eigenvalue weighted by molar-refractivity contribution is 7.89. The Kier molecular flexibility index (Phi) is 7.72. The van der Waals surface area contributed by atoms with Crippen molar-refractivity contribution in [3.63, 3.8) is 0 Å². The molecule has 1 aliphatic heterocycles. The quantitative estimate of drug-likeness (QED) is 0.318. The molecule has 1 N–H and O–H groups in total. The third-order valence-electron chi connectivity index (χ3n) is 6.62. The van der Waals surface area contributed by atoms with Crippen LogP contribution in [-0.2, 0) is 16.6 Å². The standard InChI is InChI=1S/C27H28N8O3S/c28-19-22-7-4-5-10-25(22)39(37,38)34-17-15-33(16-18-34)24-20-31-35(23-8-2-1-3-9-23)27(36)26(24)30-11-6-13-32-14-12-29-21-32/h1-5,7-10,12,14,20-21,30H,6,11,13,15-18H2. The van der Waals surface area contributed by atoms with Gasteiger partial charge in [-0.3, -0.25) is 4.79 Å². The number of hydrogen-bond donors (Lipinski definition) is 1. The minimum absolute atomic E-state index is 0.00771. The van der Waals surface area contributed by atoms with Crippen molar-refractivity contribution >= 4 is 21.4 Å². The number of aromatic nitrogens is 4. The lowest BCUT2D eigenvalue weighted by atomic mass is 10.2. The van der Waals surface area contributed by atoms with E-state index >= 15 is 0 Å². The molecule has 5 rings (SSSR count). The van der Waals surface area contributed by atoms with E-state index in [1.54, 1.807) is 30.9 Å². The van der Waals surface area contributed by atoms with Crippen LogP contribution in [0.1, 0.15) is 12.0 Å². The van der Waals surface area contributed by atoms with E-state index in [0.29, 0.717) is 36.7 Å². The molecule has 2 aromatic heterocycles. The maximum Gasteiger partial charge on any atom is 0.296 e. The Labute approximate surface area is 226 Å². The smallest absolute Gasteiger partial charge is 0.296 e. The van der Waals surface area contributed by atoms with E-state index in [4.69, 9.17) is 0 Å². The van der Waals surface area contributed by atoms with Crippen LogP contribution in [0, 0.1) is 11.3 Å². The van der Waals surface area contributed by atoms with E-state index in [1.807, 2.05) is 52.1 Å². The summed E-state index contributed by atoms with van der Waals surface area (Å²) in [5.41, 5.74) is 1.55. The van der Waals surface area contributed by atoms with Gasteiger partial charge in [-0.25, -0.2) is 13.4 Å². The van der Waals surface area contributed by atoms with Crippen LogP contribution in [0.25, 0.3) is 5.69 Å². The highest BCUT2D eigenvalue weighted by atomic mass is 32.2. The van der Waals surface area contributed by atoms with E-state index in [0.717, 1.165) is 13.0 Å². The van der Waals surface area contributed by atoms with Crippen LogP contribution >= 0.6 is 0 Å². The topological polar surface area (TPSA) is 129 Å². The molecular weight excluding hydrogens is 516 g/mol. The number of nitrogens with one attached hydrogen (secondary N) is 1. The summed E-state index contributed by atoms with van der Waals surface area (Å²) in [4.78, 5) is 19.6. The molecule has 1 fully saturated rings. The molecule has 200 valence electrons. The zero-order chi connectivity index (χ0) is 27.2. The molecule has 2 aromatic carbocycles. The molecule has 1 saturated heterocycles. The molecule has 12 heteroatoms. The molecule has 0 aliphatic carbocycles. The van der Waals surface area contributed by atoms with Gasteiger partial charge in [-0.1, -0.05) is 30.3 Å². The minimum atomic E-state index is -3.83. The summed E-state index contributed by atoms with van der Waals surface area (Å²) in [6, 6.07) is 17.4. The Morgan fingerprint density at radius 2 is 1.74 bits per heavy atom. The number of sulfonamides is 1. The first-order chi connectivity index (χ1) is 19.0. The van der Waals surface area contributed by atoms with Crippen molar-refractivity contribution in [3.8, 4) is 11.8 Å². The van der Waals surface area contributed by atoms with E-state index in [9.17, 15) is 18.5 Å². The summed E-state index contributed by atoms with van der Waals surface area (Å²) >= 11 is 0. The summed E-state index contributed by atoms with van der Waals surface area (Å²) in [6.45, 7) is 2.47. The Balaban J connectivity index is 1.37. The molecule has 0 spiro atoms. The van der Waals surface area contributed by atoms with Crippen LogP contribution < -0.4 is 15.8 Å². The van der Waals surface area contributed by atoms with Gasteiger partial charge in [-0.05, 0) is 30.7 Å². The lowest BCUT2D eigenvalue weighted by Gasteiger charge is -2.36. The second kappa shape index (κ2) is 11.5. The Morgan fingerprint density at radius 3 is 2.46 bits per heavy atom. The zero-order valence-electron chi connectivity index (χ0n) is 21.2. The second-order valence-electron chi connectivity index (χ2n) is 9.04. The molecule has 0 radical (unpaired) electrons. The molecule has 39 heavy (non-hydrogen) atoms. The van der Waals surface area contributed by atoms with Gasteiger partial charge < -0.3 is 14.8 Å². The lowest BCUT2D eigenvalue weighted by molar-refractivity contribution is 0.384. The maximum atomic E-state index is 13.6. The fourth-order valence-electron chi connectivity index (χ4n) is 4.59. The molecule has 0 amide bonds. The maximum absolute atomic E-state index is 13.6. The number of hydrogen-bond acceptors (Lipinski definition) is 8. The number of rotatable bonds is 9. The Hall–Kier alpha value is -4.47. The number of imidazole rings is 1. The average Bonchev–Trinajstić information content (AvgIpc) is 3.50. The van der Waals surface area contributed by atoms with Gasteiger partial charge >= 0.3 is 0 Å². The fraction of sp³-hybridized carbons (Fsp3) is 0.259. The lowest BCUT2D eigenvalue weighted by Crippen LogP contribution is -2.49. The molecular formula is C27H28N8O3S. The van der Waals surface area contributed by atoms with Crippen molar-refractivity contribution in [1.29, 1.82) is 5.26 Å². The van der Waals surface area contributed by atoms with Gasteiger partial charge in [-0.15, -0.1) is 0 Å². The predicted molar refractivity (Wildman–Crippen MR) is 147 cm³/mol. The number of para-hydroxylation sites is 1. The summed E-state index contributed by atoms with van der Waals surface area (Å²) in [5, 5.41) is 17.1. The van der Waals surface area contributed by atoms with Gasteiger partial charge in [0.1, 0.15) is 11.8 Å². The Bertz CT molecular complexity index is 1620. The van der Waals surface area contributed by atoms with Crippen LogP contribution in [0.15, 0.2) is 89.2 Å². The molecule has 4 aromatic rings. The number of nitriles is 1. The highest BCUT2D eigenvalue weighted by Crippen LogP contribution is 2.26. The third kappa shape index (κ3) is 5.55. The number of benzene rings is 2. The van der Waals surface area contributed by atoms with Crippen LogP contribution in [0.4, 0.5) is 11.4 Å². The monoisotopic (exact) mass is 544 g/mol. The first kappa shape index (κ1) is 26.1. The van der Waals surface area contributed by atoms with E-state index in [2.05, 4.69) is 15.4 Å². The number of piperazine rings is 1. The molecule has 0 saturated carbocycles. The first-order valence-electron chi connectivity index (χ1n) is 12.6. The molecule has 1 aliphatic rings. The van der Waals surface area contributed by atoms with Crippen LogP contribution in [0.3, 0.4) is 0 Å². The third-order valence-corrected chi connectivity index (χ3v) is 8.57. The summed E-state index contributed by atoms with van der Waals surface area (Å²) < 4.78 is 31.3. The molecule has 3 heterocycles. The average molecular weight is 545 g/mol. The van der Waals surface area contributed by atoms with Crippen LogP contribution in [0.2, 0.25) is 0 Å². The number of aryl methyl sites for hydroxylation is 1. The van der Waals surface area contributed by atoms with Crippen LogP contribution in [-0.4, -0.2) is 64.8 Å². The van der Waals surface area contributed by atoms with Gasteiger partial charge in [-0.2, -0.15) is 19.3 Å². The summed E-state index contributed by atoms with van der Waals surface area (Å²) in [6.07, 6.45) is 7.80. The summed E-state index contributed by atoms with van der Waals surface area (Å²) in [5.74, 6) is 0. The molecule has 0 atom stereocenters. The van der Waals surface area contributed by atoms with Gasteiger partial charge in [0.15, 0.2) is 0 Å². The van der Waals surface area contributed by atoms with E-state index < -0.39 is 10.0 Å². The van der Waals surface area contributed by atoms with Crippen molar-refractivity contribution < 1.29 is 8.42 Å². The molecule has 0 unspecified atom stereocenters. The van der Waals surface area contributed by atoms with Crippen molar-refractivity contribution in [2.75, 3.05) is 42.9 Å². The first-order valence-corrected chi connectivity index (χ1v) is 14.0. The van der Waals surface area contributed by atoms with Crippen molar-refractivity contribution in [2.45, 2.75) is 17.9 Å². The van der Waals surface area contributed by atoms with Crippen molar-refractivity contribution in [1.82, 2.24) is 23.6 Å². The largest absolute Gasteiger partial charge is 0.379 e. The highest BCUT2D eigenvalue weighted by Gasteiger charge is 2.31. The summed E-state index contributed by atoms with van der Waals surface area (Å²) in [7, 11) is -3.83. The van der Waals surface area contributed by atoms with Gasteiger partial charge in [0.05, 0.1) is 34.4 Å². The molecule has 11 nitrogen and oxygen atoms in total. The molecule has 0 bridgehead atoms. The number of anilines is 2. The normalized spacial score (nSPS) is 14.2. The number of nitrogens with zero attached hydrogens (tertiary/aromatic N) is 7. The van der Waals surface area contributed by atoms with Gasteiger partial charge in [0.25, 0.3) is 5.56 Å². The van der Waals surface area contributed by atoms with Crippen molar-refractivity contribution in [2.24, 2.45) is 0 Å². The van der Waals surface area contributed by atoms with Gasteiger partial charge in [0.2, 0.25) is 10.0 Å². The Morgan fingerprint density at radius 1 is 1.00 bits per heavy atom. The van der Waals surface area contributed by atoms with E-state index in [-0.39, 0.29) is 29.1 Å². The van der Waals surface area contributed by atoms with E-state index in [1.165, 1.54) is 21.1 Å². The van der Waals surface area contributed by atoms with Crippen molar-refractivity contribution in [3.05, 3.63) is 95.4 Å². The van der Waals surface area contributed by atoms with Gasteiger partial charge in [0, 0.05) is 51.7 Å². The van der Waals surface area contributed by atoms with Crippen LogP contribution in [0.5, 0.6) is 0 Å². The fourth-order valence-corrected chi connectivity index (χ4v) is 6.15. The minimum Gasteiger partial charge on any atom is -0.379 e. The zero-order valence-corrected chi connectivity index (χ0v) is 22.0. The SMILES string of the molecule is N#Cc1ccccc1S(=O)(=O)N1CCN(c2cnn(-c3ccccc3)c(=O)c2NCCCn2ccnc2)CC1. The predicted octanol–water partition coefficient (Wildman–Crippen LogP) is 2.31. The second-order valence-corrected chi connectivity index (χ2v) is 10.9.